The van der Waals surface area contributed by atoms with Crippen molar-refractivity contribution < 1.29 is 31.9 Å². The molecule has 0 amide bonds. The van der Waals surface area contributed by atoms with Gasteiger partial charge in [0.2, 0.25) is 10.0 Å². The zero-order valence-corrected chi connectivity index (χ0v) is 25.1. The molecule has 0 saturated carbocycles. The summed E-state index contributed by atoms with van der Waals surface area (Å²) in [5.74, 6) is -2.99. The Morgan fingerprint density at radius 2 is 1.32 bits per heavy atom. The van der Waals surface area contributed by atoms with Crippen LogP contribution in [0.15, 0.2) is 63.4 Å². The number of nitrogens with zero attached hydrogens (tertiary/aromatic N) is 3. The fourth-order valence-electron chi connectivity index (χ4n) is 4.51. The van der Waals surface area contributed by atoms with Crippen LogP contribution in [-0.2, 0) is 29.1 Å². The standard InChI is InChI=1S/C29H36FN3O6S/c1-18-10-16-21(17-11-18)40(36,37)33-23(19-12-14-20(30)15-13-19)22(31-27(2,3)4)24(32-28(5,6)7)29(33,25(34)38-8)26(35)39-9/h10-17,23H,1-9H3. The molecule has 3 rings (SSSR count). The number of benzene rings is 2. The predicted molar refractivity (Wildman–Crippen MR) is 150 cm³/mol. The van der Waals surface area contributed by atoms with Crippen molar-refractivity contribution >= 4 is 33.4 Å². The van der Waals surface area contributed by atoms with Crippen LogP contribution in [0.1, 0.15) is 58.7 Å². The SMILES string of the molecule is COC(=O)C1(C(=O)OC)C(=NC(C)(C)C)C(=NC(C)(C)C)C(c2ccc(F)cc2)N1S(=O)(=O)c1ccc(C)cc1. The summed E-state index contributed by atoms with van der Waals surface area (Å²) in [5, 5.41) is 0. The molecule has 2 aromatic rings. The van der Waals surface area contributed by atoms with Crippen LogP contribution in [0, 0.1) is 12.7 Å². The first kappa shape index (κ1) is 31.1. The van der Waals surface area contributed by atoms with Gasteiger partial charge in [0.15, 0.2) is 0 Å². The highest BCUT2D eigenvalue weighted by Gasteiger charge is 2.71. The monoisotopic (exact) mass is 573 g/mol. The minimum Gasteiger partial charge on any atom is -0.467 e. The van der Waals surface area contributed by atoms with Gasteiger partial charge in [-0.25, -0.2) is 22.4 Å². The molecule has 1 aliphatic heterocycles. The van der Waals surface area contributed by atoms with E-state index < -0.39 is 50.4 Å². The number of hydrogen-bond donors (Lipinski definition) is 0. The van der Waals surface area contributed by atoms with Gasteiger partial charge in [-0.1, -0.05) is 29.8 Å². The summed E-state index contributed by atoms with van der Waals surface area (Å²) in [6.07, 6.45) is 0. The molecule has 1 aliphatic rings. The van der Waals surface area contributed by atoms with E-state index in [1.165, 1.54) is 24.3 Å². The summed E-state index contributed by atoms with van der Waals surface area (Å²) in [6, 6.07) is 9.69. The van der Waals surface area contributed by atoms with Crippen molar-refractivity contribution in [1.29, 1.82) is 0 Å². The van der Waals surface area contributed by atoms with Gasteiger partial charge in [0.25, 0.3) is 5.54 Å². The summed E-state index contributed by atoms with van der Waals surface area (Å²) >= 11 is 0. The van der Waals surface area contributed by atoms with Crippen LogP contribution in [0.4, 0.5) is 4.39 Å². The van der Waals surface area contributed by atoms with Crippen LogP contribution < -0.4 is 0 Å². The quantitative estimate of drug-likeness (QED) is 0.386. The second kappa shape index (κ2) is 10.9. The van der Waals surface area contributed by atoms with Crippen LogP contribution in [0.25, 0.3) is 0 Å². The maximum atomic E-state index is 14.6. The first-order chi connectivity index (χ1) is 18.4. The van der Waals surface area contributed by atoms with Crippen molar-refractivity contribution in [2.75, 3.05) is 14.2 Å². The largest absolute Gasteiger partial charge is 0.467 e. The molecule has 9 nitrogen and oxygen atoms in total. The second-order valence-corrected chi connectivity index (χ2v) is 13.4. The number of aliphatic imine (C=N–C) groups is 2. The van der Waals surface area contributed by atoms with Crippen molar-refractivity contribution in [3.8, 4) is 0 Å². The minimum absolute atomic E-state index is 0.0421. The maximum Gasteiger partial charge on any atom is 0.345 e. The minimum atomic E-state index is -4.68. The van der Waals surface area contributed by atoms with Gasteiger partial charge in [-0.05, 0) is 78.3 Å². The van der Waals surface area contributed by atoms with Gasteiger partial charge in [0.05, 0.1) is 41.9 Å². The van der Waals surface area contributed by atoms with Gasteiger partial charge >= 0.3 is 11.9 Å². The Balaban J connectivity index is 2.67. The van der Waals surface area contributed by atoms with Crippen LogP contribution in [-0.4, -0.2) is 66.9 Å². The summed E-state index contributed by atoms with van der Waals surface area (Å²) in [5.41, 5.74) is -3.54. The fraction of sp³-hybridized carbons (Fsp3) is 0.448. The fourth-order valence-corrected chi connectivity index (χ4v) is 6.31. The van der Waals surface area contributed by atoms with Gasteiger partial charge < -0.3 is 9.47 Å². The number of halogens is 1. The molecule has 1 fully saturated rings. The lowest BCUT2D eigenvalue weighted by Gasteiger charge is -2.35. The third kappa shape index (κ3) is 5.71. The molecule has 0 aliphatic carbocycles. The Bertz CT molecular complexity index is 1440. The van der Waals surface area contributed by atoms with Crippen LogP contribution in [0.5, 0.6) is 0 Å². The maximum absolute atomic E-state index is 14.6. The third-order valence-electron chi connectivity index (χ3n) is 6.04. The van der Waals surface area contributed by atoms with Gasteiger partial charge in [-0.3, -0.25) is 9.98 Å². The van der Waals surface area contributed by atoms with Gasteiger partial charge in [0, 0.05) is 0 Å². The number of sulfonamides is 1. The van der Waals surface area contributed by atoms with Crippen molar-refractivity contribution in [1.82, 2.24) is 4.31 Å². The molecule has 0 spiro atoms. The lowest BCUT2D eigenvalue weighted by molar-refractivity contribution is -0.162. The van der Waals surface area contributed by atoms with Crippen molar-refractivity contribution in [3.63, 3.8) is 0 Å². The second-order valence-electron chi connectivity index (χ2n) is 11.6. The number of ether oxygens (including phenoxy) is 2. The number of rotatable bonds is 5. The zero-order chi connectivity index (χ0) is 30.3. The third-order valence-corrected chi connectivity index (χ3v) is 7.91. The number of carbonyl (C=O) groups is 2. The normalized spacial score (nSPS) is 20.1. The number of methoxy groups -OCH3 is 2. The summed E-state index contributed by atoms with van der Waals surface area (Å²) in [7, 11) is -2.59. The molecule has 216 valence electrons. The molecule has 1 saturated heterocycles. The van der Waals surface area contributed by atoms with Gasteiger partial charge in [-0.15, -0.1) is 0 Å². The molecule has 40 heavy (non-hydrogen) atoms. The molecule has 0 N–H and O–H groups in total. The molecule has 11 heteroatoms. The molecule has 0 bridgehead atoms. The smallest absolute Gasteiger partial charge is 0.345 e. The Hall–Kier alpha value is -3.44. The van der Waals surface area contributed by atoms with E-state index in [1.807, 2.05) is 0 Å². The topological polar surface area (TPSA) is 115 Å². The van der Waals surface area contributed by atoms with Crippen LogP contribution in [0.2, 0.25) is 0 Å². The number of esters is 2. The molecule has 1 unspecified atom stereocenters. The van der Waals surface area contributed by atoms with Crippen molar-refractivity contribution in [3.05, 3.63) is 65.5 Å². The van der Waals surface area contributed by atoms with E-state index in [4.69, 9.17) is 19.5 Å². The van der Waals surface area contributed by atoms with Gasteiger partial charge in [-0.2, -0.15) is 4.31 Å². The average molecular weight is 574 g/mol. The van der Waals surface area contributed by atoms with Gasteiger partial charge in [0.1, 0.15) is 11.5 Å². The number of hydrogen-bond acceptors (Lipinski definition) is 8. The molecule has 2 aromatic carbocycles. The van der Waals surface area contributed by atoms with E-state index in [0.29, 0.717) is 0 Å². The van der Waals surface area contributed by atoms with E-state index in [0.717, 1.165) is 36.2 Å². The highest BCUT2D eigenvalue weighted by Crippen LogP contribution is 2.46. The van der Waals surface area contributed by atoms with E-state index in [1.54, 1.807) is 60.6 Å². The number of aryl methyl sites for hydroxylation is 1. The van der Waals surface area contributed by atoms with Crippen molar-refractivity contribution in [2.45, 2.75) is 76.0 Å². The van der Waals surface area contributed by atoms with E-state index in [2.05, 4.69) is 0 Å². The summed E-state index contributed by atoms with van der Waals surface area (Å²) in [6.45, 7) is 12.3. The Morgan fingerprint density at radius 3 is 1.75 bits per heavy atom. The molecular weight excluding hydrogens is 537 g/mol. The Kier molecular flexibility index (Phi) is 8.44. The lowest BCUT2D eigenvalue weighted by atomic mass is 9.91. The summed E-state index contributed by atoms with van der Waals surface area (Å²) < 4.78 is 54.3. The molecule has 1 atom stereocenters. The first-order valence-electron chi connectivity index (χ1n) is 12.6. The average Bonchev–Trinajstić information content (AvgIpc) is 3.12. The Morgan fingerprint density at radius 1 is 0.850 bits per heavy atom. The van der Waals surface area contributed by atoms with Crippen LogP contribution in [0.3, 0.4) is 0 Å². The first-order valence-corrected chi connectivity index (χ1v) is 14.1. The van der Waals surface area contributed by atoms with Crippen LogP contribution >= 0.6 is 0 Å². The summed E-state index contributed by atoms with van der Waals surface area (Å²) in [4.78, 5) is 37.2. The Labute approximate surface area is 235 Å². The number of carbonyl (C=O) groups excluding carboxylic acids is 2. The van der Waals surface area contributed by atoms with Crippen molar-refractivity contribution in [2.24, 2.45) is 9.98 Å². The molecule has 0 radical (unpaired) electrons. The lowest BCUT2D eigenvalue weighted by Crippen LogP contribution is -2.63. The van der Waals surface area contributed by atoms with E-state index >= 15 is 0 Å². The molecule has 0 aromatic heterocycles. The predicted octanol–water partition coefficient (Wildman–Crippen LogP) is 4.44. The molecular formula is C29H36FN3O6S. The van der Waals surface area contributed by atoms with E-state index in [-0.39, 0.29) is 21.9 Å². The highest BCUT2D eigenvalue weighted by atomic mass is 32.2. The highest BCUT2D eigenvalue weighted by molar-refractivity contribution is 7.89. The van der Waals surface area contributed by atoms with E-state index in [9.17, 15) is 22.4 Å². The molecule has 1 heterocycles. The zero-order valence-electron chi connectivity index (χ0n) is 24.3.